The Hall–Kier alpha value is -2.15. The largest absolute Gasteiger partial charge is 0.496 e. The molecule has 0 spiro atoms. The molecule has 134 valence electrons. The standard InChI is InChI=1S/C17H27N3O4/c1-5-18-17(20-7-6-12(21)11-20)19-10-14-15(23-3)8-13(22-2)9-16(14)24-4/h8-9,12,21H,5-7,10-11H2,1-4H3,(H,18,19)/t12-/m1/s1. The van der Waals surface area contributed by atoms with E-state index >= 15 is 0 Å². The minimum atomic E-state index is -0.293. The van der Waals surface area contributed by atoms with E-state index in [1.807, 2.05) is 19.1 Å². The summed E-state index contributed by atoms with van der Waals surface area (Å²) in [7, 11) is 4.83. The maximum atomic E-state index is 9.75. The smallest absolute Gasteiger partial charge is 0.194 e. The van der Waals surface area contributed by atoms with Gasteiger partial charge in [-0.2, -0.15) is 0 Å². The maximum absolute atomic E-state index is 9.75. The number of β-amino-alcohol motifs (C(OH)–C–C–N with tert-alkyl or cyclic N) is 1. The van der Waals surface area contributed by atoms with Crippen LogP contribution in [0.5, 0.6) is 17.2 Å². The van der Waals surface area contributed by atoms with Crippen LogP contribution in [0.2, 0.25) is 0 Å². The minimum Gasteiger partial charge on any atom is -0.496 e. The van der Waals surface area contributed by atoms with Crippen molar-refractivity contribution in [3.05, 3.63) is 17.7 Å². The number of methoxy groups -OCH3 is 3. The first kappa shape index (κ1) is 18.2. The lowest BCUT2D eigenvalue weighted by Crippen LogP contribution is -2.40. The zero-order chi connectivity index (χ0) is 17.5. The number of aliphatic imine (C=N–C) groups is 1. The highest BCUT2D eigenvalue weighted by molar-refractivity contribution is 5.80. The first-order chi connectivity index (χ1) is 11.6. The number of ether oxygens (including phenoxy) is 3. The van der Waals surface area contributed by atoms with Crippen LogP contribution >= 0.6 is 0 Å². The van der Waals surface area contributed by atoms with Crippen LogP contribution in [0.15, 0.2) is 17.1 Å². The van der Waals surface area contributed by atoms with Gasteiger partial charge in [0, 0.05) is 31.8 Å². The molecule has 0 radical (unpaired) electrons. The molecule has 0 bridgehead atoms. The zero-order valence-corrected chi connectivity index (χ0v) is 14.8. The quantitative estimate of drug-likeness (QED) is 0.601. The highest BCUT2D eigenvalue weighted by Gasteiger charge is 2.23. The van der Waals surface area contributed by atoms with E-state index in [1.165, 1.54) is 0 Å². The van der Waals surface area contributed by atoms with E-state index in [2.05, 4.69) is 10.2 Å². The molecule has 1 heterocycles. The Balaban J connectivity index is 2.27. The van der Waals surface area contributed by atoms with Gasteiger partial charge in [0.05, 0.1) is 39.5 Å². The molecule has 0 unspecified atom stereocenters. The Morgan fingerprint density at radius 2 is 1.92 bits per heavy atom. The fourth-order valence-electron chi connectivity index (χ4n) is 2.75. The number of likely N-dealkylation sites (tertiary alicyclic amines) is 1. The van der Waals surface area contributed by atoms with Crippen LogP contribution in [0.3, 0.4) is 0 Å². The molecule has 7 nitrogen and oxygen atoms in total. The summed E-state index contributed by atoms with van der Waals surface area (Å²) < 4.78 is 16.2. The molecule has 0 aliphatic carbocycles. The van der Waals surface area contributed by atoms with E-state index in [9.17, 15) is 5.11 Å². The van der Waals surface area contributed by atoms with E-state index in [0.717, 1.165) is 31.0 Å². The number of benzene rings is 1. The fraction of sp³-hybridized carbons (Fsp3) is 0.588. The predicted molar refractivity (Wildman–Crippen MR) is 93.1 cm³/mol. The van der Waals surface area contributed by atoms with Gasteiger partial charge < -0.3 is 29.5 Å². The third kappa shape index (κ3) is 4.23. The van der Waals surface area contributed by atoms with Crippen molar-refractivity contribution in [1.82, 2.24) is 10.2 Å². The van der Waals surface area contributed by atoms with Gasteiger partial charge in [0.15, 0.2) is 5.96 Å². The monoisotopic (exact) mass is 337 g/mol. The minimum absolute atomic E-state index is 0.293. The molecule has 7 heteroatoms. The zero-order valence-electron chi connectivity index (χ0n) is 14.8. The van der Waals surface area contributed by atoms with E-state index in [0.29, 0.717) is 30.3 Å². The molecule has 2 rings (SSSR count). The molecular formula is C17H27N3O4. The van der Waals surface area contributed by atoms with Crippen molar-refractivity contribution in [2.45, 2.75) is 26.0 Å². The Morgan fingerprint density at radius 3 is 2.38 bits per heavy atom. The molecule has 24 heavy (non-hydrogen) atoms. The summed E-state index contributed by atoms with van der Waals surface area (Å²) in [6.45, 7) is 4.59. The number of hydrogen-bond acceptors (Lipinski definition) is 5. The lowest BCUT2D eigenvalue weighted by Gasteiger charge is -2.21. The lowest BCUT2D eigenvalue weighted by molar-refractivity contribution is 0.188. The van der Waals surface area contributed by atoms with Gasteiger partial charge in [-0.3, -0.25) is 0 Å². The van der Waals surface area contributed by atoms with Gasteiger partial charge in [0.25, 0.3) is 0 Å². The molecule has 1 saturated heterocycles. The molecule has 2 N–H and O–H groups in total. The molecule has 0 saturated carbocycles. The normalized spacial score (nSPS) is 17.8. The predicted octanol–water partition coefficient (Wildman–Crippen LogP) is 1.24. The molecule has 1 atom stereocenters. The van der Waals surface area contributed by atoms with E-state index in [-0.39, 0.29) is 6.10 Å². The summed E-state index contributed by atoms with van der Waals surface area (Å²) in [5, 5.41) is 13.0. The summed E-state index contributed by atoms with van der Waals surface area (Å²) in [5.41, 5.74) is 0.857. The van der Waals surface area contributed by atoms with Crippen molar-refractivity contribution in [3.8, 4) is 17.2 Å². The number of aliphatic hydroxyl groups is 1. The Bertz CT molecular complexity index is 552. The fourth-order valence-corrected chi connectivity index (χ4v) is 2.75. The average molecular weight is 337 g/mol. The molecule has 1 aliphatic rings. The van der Waals surface area contributed by atoms with Crippen molar-refractivity contribution in [1.29, 1.82) is 0 Å². The molecule has 1 aromatic carbocycles. The molecule has 0 aromatic heterocycles. The van der Waals surface area contributed by atoms with Crippen molar-refractivity contribution >= 4 is 5.96 Å². The number of nitrogens with one attached hydrogen (secondary N) is 1. The lowest BCUT2D eigenvalue weighted by atomic mass is 10.1. The van der Waals surface area contributed by atoms with Crippen LogP contribution < -0.4 is 19.5 Å². The third-order valence-corrected chi connectivity index (χ3v) is 4.00. The number of aliphatic hydroxyl groups excluding tert-OH is 1. The first-order valence-electron chi connectivity index (χ1n) is 8.13. The van der Waals surface area contributed by atoms with Gasteiger partial charge in [0.1, 0.15) is 17.2 Å². The van der Waals surface area contributed by atoms with Gasteiger partial charge in [-0.05, 0) is 13.3 Å². The second kappa shape index (κ2) is 8.63. The number of nitrogens with zero attached hydrogens (tertiary/aromatic N) is 2. The SMILES string of the molecule is CCNC(=NCc1c(OC)cc(OC)cc1OC)N1CC[C@@H](O)C1. The van der Waals surface area contributed by atoms with Crippen LogP contribution in [-0.4, -0.2) is 63.0 Å². The maximum Gasteiger partial charge on any atom is 0.194 e. The molecule has 1 aliphatic heterocycles. The summed E-state index contributed by atoms with van der Waals surface area (Å²) in [4.78, 5) is 6.76. The molecule has 1 fully saturated rings. The molecule has 1 aromatic rings. The van der Waals surface area contributed by atoms with Crippen LogP contribution in [0.25, 0.3) is 0 Å². The Labute approximate surface area is 143 Å². The third-order valence-electron chi connectivity index (χ3n) is 4.00. The van der Waals surface area contributed by atoms with Crippen molar-refractivity contribution in [2.24, 2.45) is 4.99 Å². The molecule has 0 amide bonds. The summed E-state index contributed by atoms with van der Waals surface area (Å²) >= 11 is 0. The van der Waals surface area contributed by atoms with Gasteiger partial charge in [0.2, 0.25) is 0 Å². The summed E-state index contributed by atoms with van der Waals surface area (Å²) in [5.74, 6) is 2.81. The summed E-state index contributed by atoms with van der Waals surface area (Å²) in [6.07, 6.45) is 0.471. The molecular weight excluding hydrogens is 310 g/mol. The second-order valence-electron chi connectivity index (χ2n) is 5.57. The average Bonchev–Trinajstić information content (AvgIpc) is 3.04. The van der Waals surface area contributed by atoms with Crippen LogP contribution in [0.4, 0.5) is 0 Å². The second-order valence-corrected chi connectivity index (χ2v) is 5.57. The van der Waals surface area contributed by atoms with Gasteiger partial charge in [-0.1, -0.05) is 0 Å². The van der Waals surface area contributed by atoms with E-state index < -0.39 is 0 Å². The van der Waals surface area contributed by atoms with Crippen LogP contribution in [0, 0.1) is 0 Å². The van der Waals surface area contributed by atoms with Crippen LogP contribution in [0.1, 0.15) is 18.9 Å². The van der Waals surface area contributed by atoms with Crippen molar-refractivity contribution in [3.63, 3.8) is 0 Å². The Morgan fingerprint density at radius 1 is 1.25 bits per heavy atom. The number of guanidine groups is 1. The highest BCUT2D eigenvalue weighted by Crippen LogP contribution is 2.34. The number of rotatable bonds is 6. The topological polar surface area (TPSA) is 75.6 Å². The van der Waals surface area contributed by atoms with Crippen molar-refractivity contribution in [2.75, 3.05) is 41.0 Å². The first-order valence-corrected chi connectivity index (χ1v) is 8.13. The number of hydrogen-bond donors (Lipinski definition) is 2. The van der Waals surface area contributed by atoms with E-state index in [4.69, 9.17) is 19.2 Å². The van der Waals surface area contributed by atoms with Crippen molar-refractivity contribution < 1.29 is 19.3 Å². The van der Waals surface area contributed by atoms with Gasteiger partial charge in [-0.15, -0.1) is 0 Å². The van der Waals surface area contributed by atoms with Crippen LogP contribution in [-0.2, 0) is 6.54 Å². The highest BCUT2D eigenvalue weighted by atomic mass is 16.5. The Kier molecular flexibility index (Phi) is 6.54. The van der Waals surface area contributed by atoms with Gasteiger partial charge in [-0.25, -0.2) is 4.99 Å². The summed E-state index contributed by atoms with van der Waals surface area (Å²) in [6, 6.07) is 3.64. The van der Waals surface area contributed by atoms with E-state index in [1.54, 1.807) is 21.3 Å². The van der Waals surface area contributed by atoms with Gasteiger partial charge >= 0.3 is 0 Å².